The number of aryl methyl sites for hydroxylation is 2. The summed E-state index contributed by atoms with van der Waals surface area (Å²) in [6, 6.07) is 7.50. The van der Waals surface area contributed by atoms with E-state index in [2.05, 4.69) is 11.0 Å². The van der Waals surface area contributed by atoms with E-state index in [0.717, 1.165) is 67.0 Å². The topological polar surface area (TPSA) is 110 Å². The molecule has 50 heavy (non-hydrogen) atoms. The highest BCUT2D eigenvalue weighted by Gasteiger charge is 2.36. The lowest BCUT2D eigenvalue weighted by molar-refractivity contribution is -0.160. The van der Waals surface area contributed by atoms with Gasteiger partial charge >= 0.3 is 5.97 Å². The van der Waals surface area contributed by atoms with Crippen molar-refractivity contribution in [3.05, 3.63) is 58.7 Å². The van der Waals surface area contributed by atoms with Crippen molar-refractivity contribution in [2.45, 2.75) is 78.4 Å². The Bertz CT molecular complexity index is 2000. The van der Waals surface area contributed by atoms with Gasteiger partial charge in [-0.1, -0.05) is 0 Å². The van der Waals surface area contributed by atoms with E-state index in [0.29, 0.717) is 59.5 Å². The molecule has 4 aromatic rings. The first-order valence-electron chi connectivity index (χ1n) is 17.7. The predicted octanol–water partition coefficient (Wildman–Crippen LogP) is 6.77. The molecule has 1 amide bonds. The number of carbonyl (C=O) groups is 2. The van der Waals surface area contributed by atoms with Crippen LogP contribution in [-0.4, -0.2) is 74.8 Å². The van der Waals surface area contributed by atoms with Crippen LogP contribution in [0.3, 0.4) is 0 Å². The highest BCUT2D eigenvalue weighted by molar-refractivity contribution is 6.01. The van der Waals surface area contributed by atoms with Gasteiger partial charge in [0.1, 0.15) is 11.5 Å². The van der Waals surface area contributed by atoms with Gasteiger partial charge in [0, 0.05) is 78.7 Å². The second-order valence-corrected chi connectivity index (χ2v) is 14.9. The zero-order chi connectivity index (χ0) is 35.5. The molecule has 3 aliphatic rings. The van der Waals surface area contributed by atoms with Crippen LogP contribution < -0.4 is 9.64 Å². The van der Waals surface area contributed by atoms with E-state index in [1.807, 2.05) is 56.3 Å². The van der Waals surface area contributed by atoms with Crippen molar-refractivity contribution >= 4 is 28.7 Å². The maximum absolute atomic E-state index is 15.8. The third-order valence-corrected chi connectivity index (χ3v) is 10.2. The summed E-state index contributed by atoms with van der Waals surface area (Å²) in [5.74, 6) is -0.0274. The number of hydrogen-bond donors (Lipinski definition) is 1. The minimum absolute atomic E-state index is 0.206. The number of aromatic nitrogens is 3. The van der Waals surface area contributed by atoms with Crippen LogP contribution in [-0.2, 0) is 27.8 Å². The van der Waals surface area contributed by atoms with E-state index in [1.54, 1.807) is 13.1 Å². The number of carbonyl (C=O) groups excluding carboxylic acids is 1. The third kappa shape index (κ3) is 6.32. The van der Waals surface area contributed by atoms with Crippen LogP contribution in [0.1, 0.15) is 74.9 Å². The van der Waals surface area contributed by atoms with Gasteiger partial charge in [-0.3, -0.25) is 4.79 Å². The number of carboxylic acid groups (broad SMARTS) is 1. The predicted molar refractivity (Wildman–Crippen MR) is 190 cm³/mol. The quantitative estimate of drug-likeness (QED) is 0.227. The number of aliphatic carboxylic acids is 1. The normalized spacial score (nSPS) is 17.3. The number of carboxylic acids is 1. The molecule has 0 radical (unpaired) electrons. The van der Waals surface area contributed by atoms with Crippen LogP contribution in [0, 0.1) is 25.6 Å². The average Bonchev–Trinajstić information content (AvgIpc) is 3.91. The van der Waals surface area contributed by atoms with Gasteiger partial charge in [-0.05, 0) is 102 Å². The molecule has 3 aromatic heterocycles. The Morgan fingerprint density at radius 1 is 1.08 bits per heavy atom. The molecule has 1 aliphatic carbocycles. The molecule has 2 fully saturated rings. The number of benzene rings is 1. The molecule has 1 N–H and O–H groups in total. The Labute approximate surface area is 292 Å². The third-order valence-electron chi connectivity index (χ3n) is 10.2. The van der Waals surface area contributed by atoms with Crippen molar-refractivity contribution in [1.29, 1.82) is 0 Å². The summed E-state index contributed by atoms with van der Waals surface area (Å²) in [7, 11) is 1.94. The number of pyridine rings is 2. The zero-order valence-electron chi connectivity index (χ0n) is 29.8. The maximum atomic E-state index is 15.8. The Morgan fingerprint density at radius 3 is 2.58 bits per heavy atom. The van der Waals surface area contributed by atoms with Gasteiger partial charge in [-0.2, -0.15) is 0 Å². The van der Waals surface area contributed by atoms with Crippen molar-refractivity contribution in [3.8, 4) is 28.1 Å². The molecule has 0 spiro atoms. The number of fused-ring (bicyclic) bond motifs is 2. The van der Waals surface area contributed by atoms with Gasteiger partial charge < -0.3 is 28.9 Å². The first-order valence-corrected chi connectivity index (χ1v) is 17.7. The van der Waals surface area contributed by atoms with E-state index < -0.39 is 23.5 Å². The fourth-order valence-corrected chi connectivity index (χ4v) is 7.56. The molecular formula is C39H46FN5O5. The van der Waals surface area contributed by atoms with E-state index in [4.69, 9.17) is 19.4 Å². The lowest BCUT2D eigenvalue weighted by atomic mass is 9.86. The number of anilines is 1. The molecule has 1 saturated carbocycles. The SMILES string of the molecule is Cc1nc2c(cc(-c3ccnc(N4CCCN(C(=O)C5CC5)CC4)c3)n2C)c(-c2cc(F)c3c(c2C)CCCO3)c1C(OC(C)(C)C)C(=O)O. The van der Waals surface area contributed by atoms with Crippen molar-refractivity contribution in [3.63, 3.8) is 0 Å². The summed E-state index contributed by atoms with van der Waals surface area (Å²) in [5, 5.41) is 11.3. The van der Waals surface area contributed by atoms with Crippen LogP contribution in [0.15, 0.2) is 30.5 Å². The summed E-state index contributed by atoms with van der Waals surface area (Å²) < 4.78 is 29.8. The Hall–Kier alpha value is -4.51. The number of rotatable bonds is 7. The fraction of sp³-hybridized carbons (Fsp3) is 0.487. The Balaban J connectivity index is 1.37. The minimum Gasteiger partial charge on any atom is -0.490 e. The highest BCUT2D eigenvalue weighted by Crippen LogP contribution is 2.45. The van der Waals surface area contributed by atoms with Gasteiger partial charge in [0.2, 0.25) is 5.91 Å². The first-order chi connectivity index (χ1) is 23.8. The summed E-state index contributed by atoms with van der Waals surface area (Å²) >= 11 is 0. The number of halogens is 1. The lowest BCUT2D eigenvalue weighted by Gasteiger charge is -2.29. The minimum atomic E-state index is -1.35. The average molecular weight is 684 g/mol. The van der Waals surface area contributed by atoms with Crippen LogP contribution in [0.2, 0.25) is 0 Å². The van der Waals surface area contributed by atoms with Gasteiger partial charge in [0.25, 0.3) is 0 Å². The van der Waals surface area contributed by atoms with Crippen LogP contribution in [0.5, 0.6) is 5.75 Å². The molecule has 1 aromatic carbocycles. The molecule has 11 heteroatoms. The van der Waals surface area contributed by atoms with E-state index in [9.17, 15) is 14.7 Å². The fourth-order valence-electron chi connectivity index (χ4n) is 7.56. The first kappa shape index (κ1) is 34.0. The van der Waals surface area contributed by atoms with Crippen molar-refractivity contribution in [2.24, 2.45) is 13.0 Å². The Kier molecular flexibility index (Phi) is 8.82. The van der Waals surface area contributed by atoms with Crippen molar-refractivity contribution < 1.29 is 28.6 Å². The molecule has 1 atom stereocenters. The summed E-state index contributed by atoms with van der Waals surface area (Å²) in [6.07, 6.45) is 4.76. The van der Waals surface area contributed by atoms with Crippen molar-refractivity contribution in [1.82, 2.24) is 19.4 Å². The Morgan fingerprint density at radius 2 is 1.86 bits per heavy atom. The van der Waals surface area contributed by atoms with E-state index in [1.165, 1.54) is 6.07 Å². The highest BCUT2D eigenvalue weighted by atomic mass is 19.1. The van der Waals surface area contributed by atoms with E-state index in [-0.39, 0.29) is 17.6 Å². The van der Waals surface area contributed by atoms with Crippen LogP contribution in [0.4, 0.5) is 10.2 Å². The summed E-state index contributed by atoms with van der Waals surface area (Å²) in [4.78, 5) is 39.7. The van der Waals surface area contributed by atoms with E-state index >= 15 is 4.39 Å². The largest absolute Gasteiger partial charge is 0.490 e. The molecule has 1 unspecified atom stereocenters. The number of amides is 1. The van der Waals surface area contributed by atoms with Crippen molar-refractivity contribution in [2.75, 3.05) is 37.7 Å². The number of hydrogen-bond acceptors (Lipinski definition) is 7. The molecule has 7 rings (SSSR count). The lowest BCUT2D eigenvalue weighted by Crippen LogP contribution is -2.36. The van der Waals surface area contributed by atoms with Gasteiger partial charge in [0.15, 0.2) is 17.7 Å². The number of ether oxygens (including phenoxy) is 2. The molecule has 264 valence electrons. The number of nitrogens with zero attached hydrogens (tertiary/aromatic N) is 5. The van der Waals surface area contributed by atoms with Gasteiger partial charge in [0.05, 0.1) is 17.9 Å². The summed E-state index contributed by atoms with van der Waals surface area (Å²) in [5.41, 5.74) is 5.38. The molecule has 2 aliphatic heterocycles. The van der Waals surface area contributed by atoms with Crippen LogP contribution in [0.25, 0.3) is 33.4 Å². The second-order valence-electron chi connectivity index (χ2n) is 14.9. The molecule has 10 nitrogen and oxygen atoms in total. The summed E-state index contributed by atoms with van der Waals surface area (Å²) in [6.45, 7) is 12.6. The molecular weight excluding hydrogens is 637 g/mol. The smallest absolute Gasteiger partial charge is 0.337 e. The second kappa shape index (κ2) is 13.0. The zero-order valence-corrected chi connectivity index (χ0v) is 29.8. The van der Waals surface area contributed by atoms with Crippen LogP contribution >= 0.6 is 0 Å². The maximum Gasteiger partial charge on any atom is 0.337 e. The standard InChI is InChI=1S/C39H46FN5O5/c1-22-26-9-7-18-49-34(26)29(40)20-27(22)33-28-21-30(43(6)36(28)42-23(2)32(33)35(38(47)48)50-39(3,4)5)25-12-13-41-31(19-25)44-14-8-15-45(17-16-44)37(46)24-10-11-24/h12-13,19-21,24,35H,7-11,14-18H2,1-6H3,(H,47,48). The monoisotopic (exact) mass is 683 g/mol. The van der Waals surface area contributed by atoms with Gasteiger partial charge in [-0.25, -0.2) is 19.2 Å². The molecule has 0 bridgehead atoms. The molecule has 1 saturated heterocycles. The van der Waals surface area contributed by atoms with Gasteiger partial charge in [-0.15, -0.1) is 0 Å². The molecule has 5 heterocycles.